The van der Waals surface area contributed by atoms with Gasteiger partial charge in [-0.25, -0.2) is 13.8 Å². The first kappa shape index (κ1) is 16.0. The van der Waals surface area contributed by atoms with Gasteiger partial charge >= 0.3 is 0 Å². The van der Waals surface area contributed by atoms with Crippen molar-refractivity contribution >= 4 is 28.0 Å². The number of rotatable bonds is 5. The van der Waals surface area contributed by atoms with Crippen LogP contribution in [0.1, 0.15) is 12.8 Å². The summed E-state index contributed by atoms with van der Waals surface area (Å²) in [7, 11) is 0. The fourth-order valence-electron chi connectivity index (χ4n) is 3.21. The largest absolute Gasteiger partial charge is 0.348 e. The van der Waals surface area contributed by atoms with Crippen LogP contribution >= 0.6 is 0 Å². The van der Waals surface area contributed by atoms with Crippen LogP contribution in [0.2, 0.25) is 0 Å². The molecular formula is C19H16F2N6. The van der Waals surface area contributed by atoms with Crippen molar-refractivity contribution in [2.45, 2.75) is 18.8 Å². The average Bonchev–Trinajstić information content (AvgIpc) is 3.47. The molecular weight excluding hydrogens is 350 g/mol. The molecule has 136 valence electrons. The Hall–Kier alpha value is -3.16. The minimum absolute atomic E-state index is 0.195. The molecule has 3 heterocycles. The lowest BCUT2D eigenvalue weighted by Gasteiger charge is -2.15. The zero-order valence-corrected chi connectivity index (χ0v) is 14.3. The maximum Gasteiger partial charge on any atom is 0.267 e. The van der Waals surface area contributed by atoms with Crippen LogP contribution in [0.15, 0.2) is 43.0 Å². The van der Waals surface area contributed by atoms with Crippen molar-refractivity contribution < 1.29 is 8.78 Å². The quantitative estimate of drug-likeness (QED) is 0.558. The molecule has 1 fully saturated rings. The van der Waals surface area contributed by atoms with Crippen LogP contribution < -0.4 is 5.32 Å². The van der Waals surface area contributed by atoms with E-state index in [1.807, 2.05) is 24.4 Å². The molecule has 1 aromatic carbocycles. The zero-order valence-electron chi connectivity index (χ0n) is 14.3. The zero-order chi connectivity index (χ0) is 18.4. The third-order valence-electron chi connectivity index (χ3n) is 4.87. The van der Waals surface area contributed by atoms with E-state index >= 15 is 0 Å². The van der Waals surface area contributed by atoms with Crippen molar-refractivity contribution in [1.82, 2.24) is 24.9 Å². The second kappa shape index (κ2) is 5.94. The van der Waals surface area contributed by atoms with E-state index in [2.05, 4.69) is 30.2 Å². The van der Waals surface area contributed by atoms with E-state index in [-0.39, 0.29) is 5.95 Å². The number of hydrogen-bond donors (Lipinski definition) is 2. The molecule has 3 aromatic heterocycles. The fraction of sp³-hybridized carbons (Fsp3) is 0.263. The van der Waals surface area contributed by atoms with Gasteiger partial charge in [-0.2, -0.15) is 4.98 Å². The first-order valence-electron chi connectivity index (χ1n) is 8.77. The number of hydrogen-bond acceptors (Lipinski definition) is 5. The van der Waals surface area contributed by atoms with Gasteiger partial charge in [0.15, 0.2) is 0 Å². The van der Waals surface area contributed by atoms with Crippen molar-refractivity contribution in [3.8, 4) is 11.1 Å². The molecule has 0 spiro atoms. The SMILES string of the molecule is FC(F)(CNc1ncc2c(-c3ccc4nccnc4c3)c[nH]c2n1)C1CC1. The van der Waals surface area contributed by atoms with E-state index in [0.717, 1.165) is 27.5 Å². The van der Waals surface area contributed by atoms with E-state index in [1.54, 1.807) is 18.6 Å². The summed E-state index contributed by atoms with van der Waals surface area (Å²) in [5, 5.41) is 3.48. The summed E-state index contributed by atoms with van der Waals surface area (Å²) >= 11 is 0. The highest BCUT2D eigenvalue weighted by Gasteiger charge is 2.46. The van der Waals surface area contributed by atoms with E-state index in [9.17, 15) is 8.78 Å². The summed E-state index contributed by atoms with van der Waals surface area (Å²) in [5.74, 6) is -3.03. The standard InChI is InChI=1S/C19H16F2N6/c20-19(21,12-2-3-12)10-26-18-25-9-14-13(8-24-17(14)27-18)11-1-4-15-16(7-11)23-6-5-22-15/h1,4-9,12H,2-3,10H2,(H2,24,25,26,27). The summed E-state index contributed by atoms with van der Waals surface area (Å²) in [4.78, 5) is 20.2. The Kier molecular flexibility index (Phi) is 3.53. The van der Waals surface area contributed by atoms with Crippen LogP contribution in [0.5, 0.6) is 0 Å². The lowest BCUT2D eigenvalue weighted by atomic mass is 10.1. The predicted octanol–water partition coefficient (Wildman–Crippen LogP) is 4.03. The molecule has 0 radical (unpaired) electrons. The van der Waals surface area contributed by atoms with E-state index in [0.29, 0.717) is 18.5 Å². The molecule has 1 saturated carbocycles. The number of halogens is 2. The highest BCUT2D eigenvalue weighted by molar-refractivity contribution is 5.95. The summed E-state index contributed by atoms with van der Waals surface area (Å²) in [6, 6.07) is 5.82. The molecule has 5 rings (SSSR count). The molecule has 0 bridgehead atoms. The highest BCUT2D eigenvalue weighted by Crippen LogP contribution is 2.43. The van der Waals surface area contributed by atoms with Crippen LogP contribution in [0, 0.1) is 5.92 Å². The summed E-state index contributed by atoms with van der Waals surface area (Å²) in [6.07, 6.45) is 7.96. The number of nitrogens with zero attached hydrogens (tertiary/aromatic N) is 4. The van der Waals surface area contributed by atoms with E-state index in [1.165, 1.54) is 0 Å². The van der Waals surface area contributed by atoms with Gasteiger partial charge < -0.3 is 10.3 Å². The molecule has 0 atom stereocenters. The molecule has 2 N–H and O–H groups in total. The van der Waals surface area contributed by atoms with Gasteiger partial charge in [0.05, 0.1) is 17.6 Å². The van der Waals surface area contributed by atoms with Gasteiger partial charge in [0.25, 0.3) is 5.92 Å². The molecule has 8 heteroatoms. The summed E-state index contributed by atoms with van der Waals surface area (Å²) in [5.41, 5.74) is 4.09. The summed E-state index contributed by atoms with van der Waals surface area (Å²) in [6.45, 7) is -0.444. The Labute approximate surface area is 153 Å². The Balaban J connectivity index is 1.44. The average molecular weight is 366 g/mol. The van der Waals surface area contributed by atoms with Gasteiger partial charge in [-0.05, 0) is 30.5 Å². The minimum Gasteiger partial charge on any atom is -0.348 e. The first-order chi connectivity index (χ1) is 13.1. The number of alkyl halides is 2. The Bertz CT molecular complexity index is 1140. The molecule has 6 nitrogen and oxygen atoms in total. The molecule has 0 unspecified atom stereocenters. The number of benzene rings is 1. The maximum absolute atomic E-state index is 13.8. The van der Waals surface area contributed by atoms with Gasteiger partial charge in [-0.15, -0.1) is 0 Å². The number of aromatic nitrogens is 5. The molecule has 27 heavy (non-hydrogen) atoms. The van der Waals surface area contributed by atoms with Crippen molar-refractivity contribution in [3.05, 3.63) is 43.0 Å². The van der Waals surface area contributed by atoms with Gasteiger partial charge in [-0.1, -0.05) is 6.07 Å². The molecule has 0 amide bonds. The lowest BCUT2D eigenvalue weighted by Crippen LogP contribution is -2.29. The predicted molar refractivity (Wildman–Crippen MR) is 98.6 cm³/mol. The Morgan fingerprint density at radius 2 is 1.93 bits per heavy atom. The van der Waals surface area contributed by atoms with Crippen molar-refractivity contribution in [3.63, 3.8) is 0 Å². The molecule has 1 aliphatic carbocycles. The number of nitrogens with one attached hydrogen (secondary N) is 2. The first-order valence-corrected chi connectivity index (χ1v) is 8.77. The number of fused-ring (bicyclic) bond motifs is 2. The Morgan fingerprint density at radius 3 is 2.74 bits per heavy atom. The van der Waals surface area contributed by atoms with Crippen LogP contribution in [0.25, 0.3) is 33.2 Å². The molecule has 1 aliphatic rings. The fourth-order valence-corrected chi connectivity index (χ4v) is 3.21. The summed E-state index contributed by atoms with van der Waals surface area (Å²) < 4.78 is 27.6. The number of H-pyrrole nitrogens is 1. The van der Waals surface area contributed by atoms with Crippen LogP contribution in [0.4, 0.5) is 14.7 Å². The molecule has 0 aliphatic heterocycles. The topological polar surface area (TPSA) is 79.4 Å². The highest BCUT2D eigenvalue weighted by atomic mass is 19.3. The second-order valence-corrected chi connectivity index (χ2v) is 6.81. The third-order valence-corrected chi connectivity index (χ3v) is 4.87. The van der Waals surface area contributed by atoms with Gasteiger partial charge in [0.1, 0.15) is 5.65 Å². The van der Waals surface area contributed by atoms with Crippen molar-refractivity contribution in [2.24, 2.45) is 5.92 Å². The molecule has 0 saturated heterocycles. The van der Waals surface area contributed by atoms with E-state index in [4.69, 9.17) is 0 Å². The third kappa shape index (κ3) is 2.97. The smallest absolute Gasteiger partial charge is 0.267 e. The second-order valence-electron chi connectivity index (χ2n) is 6.81. The number of aromatic amines is 1. The van der Waals surface area contributed by atoms with Crippen molar-refractivity contribution in [2.75, 3.05) is 11.9 Å². The van der Waals surface area contributed by atoms with Gasteiger partial charge in [0, 0.05) is 41.7 Å². The van der Waals surface area contributed by atoms with Crippen LogP contribution in [-0.2, 0) is 0 Å². The van der Waals surface area contributed by atoms with Crippen molar-refractivity contribution in [1.29, 1.82) is 0 Å². The van der Waals surface area contributed by atoms with Gasteiger partial charge in [0.2, 0.25) is 5.95 Å². The number of anilines is 1. The Morgan fingerprint density at radius 1 is 1.11 bits per heavy atom. The van der Waals surface area contributed by atoms with Crippen LogP contribution in [-0.4, -0.2) is 37.4 Å². The van der Waals surface area contributed by atoms with Gasteiger partial charge in [-0.3, -0.25) is 9.97 Å². The van der Waals surface area contributed by atoms with Crippen LogP contribution in [0.3, 0.4) is 0 Å². The lowest BCUT2D eigenvalue weighted by molar-refractivity contribution is -0.00831. The monoisotopic (exact) mass is 366 g/mol. The normalized spacial score (nSPS) is 14.7. The maximum atomic E-state index is 13.8. The molecule has 4 aromatic rings. The van der Waals surface area contributed by atoms with E-state index < -0.39 is 18.4 Å². The minimum atomic E-state index is -2.72.